The van der Waals surface area contributed by atoms with E-state index in [-0.39, 0.29) is 6.61 Å². The van der Waals surface area contributed by atoms with Crippen LogP contribution in [0.1, 0.15) is 13.3 Å². The smallest absolute Gasteiger partial charge is 0.187 e. The van der Waals surface area contributed by atoms with Crippen molar-refractivity contribution in [1.29, 1.82) is 0 Å². The molecule has 3 nitrogen and oxygen atoms in total. The first-order chi connectivity index (χ1) is 5.20. The van der Waals surface area contributed by atoms with Crippen molar-refractivity contribution in [1.82, 2.24) is 0 Å². The normalized spacial score (nSPS) is 29.5. The Labute approximate surface area is 66.4 Å². The molecule has 0 bridgehead atoms. The van der Waals surface area contributed by atoms with Crippen LogP contribution in [-0.2, 0) is 4.74 Å². The molecule has 0 spiro atoms. The van der Waals surface area contributed by atoms with Gasteiger partial charge in [0.25, 0.3) is 0 Å². The molecule has 11 heavy (non-hydrogen) atoms. The lowest BCUT2D eigenvalue weighted by Gasteiger charge is -2.12. The summed E-state index contributed by atoms with van der Waals surface area (Å²) in [6.07, 6.45) is 2.39. The Balaban J connectivity index is 2.59. The van der Waals surface area contributed by atoms with Crippen LogP contribution in [0.3, 0.4) is 0 Å². The molecule has 0 fully saturated rings. The quantitative estimate of drug-likeness (QED) is 0.611. The van der Waals surface area contributed by atoms with Crippen molar-refractivity contribution < 1.29 is 9.84 Å². The molecule has 0 saturated heterocycles. The lowest BCUT2D eigenvalue weighted by Crippen LogP contribution is -2.28. The maximum atomic E-state index is 8.90. The summed E-state index contributed by atoms with van der Waals surface area (Å²) >= 11 is 0. The molecular formula is C8H13NO2. The number of aliphatic hydroxyl groups excluding tert-OH is 1. The van der Waals surface area contributed by atoms with Crippen LogP contribution >= 0.6 is 0 Å². The van der Waals surface area contributed by atoms with Gasteiger partial charge in [-0.2, -0.15) is 0 Å². The van der Waals surface area contributed by atoms with Crippen molar-refractivity contribution in [3.05, 3.63) is 12.7 Å². The first-order valence-electron chi connectivity index (χ1n) is 3.63. The van der Waals surface area contributed by atoms with Crippen molar-refractivity contribution in [3.63, 3.8) is 0 Å². The predicted octanol–water partition coefficient (Wildman–Crippen LogP) is 0.742. The van der Waals surface area contributed by atoms with Gasteiger partial charge >= 0.3 is 0 Å². The molecule has 62 valence electrons. The van der Waals surface area contributed by atoms with Crippen LogP contribution < -0.4 is 0 Å². The van der Waals surface area contributed by atoms with Gasteiger partial charge in [-0.1, -0.05) is 6.08 Å². The molecule has 0 aliphatic carbocycles. The highest BCUT2D eigenvalue weighted by Gasteiger charge is 2.29. The molecule has 3 heteroatoms. The maximum absolute atomic E-state index is 8.90. The van der Waals surface area contributed by atoms with E-state index >= 15 is 0 Å². The van der Waals surface area contributed by atoms with Gasteiger partial charge in [0.2, 0.25) is 0 Å². The number of rotatable bonds is 3. The molecule has 1 aliphatic heterocycles. The zero-order chi connectivity index (χ0) is 8.32. The fourth-order valence-electron chi connectivity index (χ4n) is 0.913. The predicted molar refractivity (Wildman–Crippen MR) is 43.7 cm³/mol. The number of nitrogens with zero attached hydrogens (tertiary/aromatic N) is 1. The standard InChI is InChI=1S/C8H13NO2/c1-3-4-7-9-8(2,5-10)6-11-7/h3,10H,1,4-6H2,2H3. The Morgan fingerprint density at radius 3 is 3.09 bits per heavy atom. The van der Waals surface area contributed by atoms with E-state index in [9.17, 15) is 0 Å². The highest BCUT2D eigenvalue weighted by Crippen LogP contribution is 2.18. The lowest BCUT2D eigenvalue weighted by molar-refractivity contribution is 0.169. The fourth-order valence-corrected chi connectivity index (χ4v) is 0.913. The summed E-state index contributed by atoms with van der Waals surface area (Å²) in [6, 6.07) is 0. The molecule has 0 aromatic heterocycles. The van der Waals surface area contributed by atoms with E-state index in [1.807, 2.05) is 6.92 Å². The third-order valence-corrected chi connectivity index (χ3v) is 1.60. The topological polar surface area (TPSA) is 41.8 Å². The minimum absolute atomic E-state index is 0.0354. The van der Waals surface area contributed by atoms with Crippen molar-refractivity contribution in [2.45, 2.75) is 18.9 Å². The van der Waals surface area contributed by atoms with Gasteiger partial charge in [-0.3, -0.25) is 0 Å². The Hall–Kier alpha value is -0.830. The number of aliphatic hydroxyl groups is 1. The highest BCUT2D eigenvalue weighted by molar-refractivity contribution is 5.79. The molecule has 1 rings (SSSR count). The number of hydrogen-bond acceptors (Lipinski definition) is 3. The number of hydrogen-bond donors (Lipinski definition) is 1. The number of ether oxygens (including phenoxy) is 1. The molecule has 0 radical (unpaired) electrons. The van der Waals surface area contributed by atoms with E-state index in [4.69, 9.17) is 9.84 Å². The molecule has 1 heterocycles. The van der Waals surface area contributed by atoms with Gasteiger partial charge in [-0.05, 0) is 6.92 Å². The van der Waals surface area contributed by atoms with Gasteiger partial charge in [0.15, 0.2) is 5.90 Å². The van der Waals surface area contributed by atoms with Crippen LogP contribution in [0.5, 0.6) is 0 Å². The summed E-state index contributed by atoms with van der Waals surface area (Å²) in [4.78, 5) is 4.20. The molecular weight excluding hydrogens is 142 g/mol. The highest BCUT2D eigenvalue weighted by atomic mass is 16.5. The molecule has 0 aromatic carbocycles. The van der Waals surface area contributed by atoms with E-state index < -0.39 is 5.54 Å². The summed E-state index contributed by atoms with van der Waals surface area (Å²) < 4.78 is 5.22. The van der Waals surface area contributed by atoms with Crippen LogP contribution in [0, 0.1) is 0 Å². The second-order valence-electron chi connectivity index (χ2n) is 2.94. The largest absolute Gasteiger partial charge is 0.478 e. The van der Waals surface area contributed by atoms with Gasteiger partial charge < -0.3 is 9.84 Å². The molecule has 1 aliphatic rings. The molecule has 1 unspecified atom stereocenters. The van der Waals surface area contributed by atoms with E-state index in [0.29, 0.717) is 18.9 Å². The second-order valence-corrected chi connectivity index (χ2v) is 2.94. The first kappa shape index (κ1) is 8.27. The van der Waals surface area contributed by atoms with Gasteiger partial charge in [0.1, 0.15) is 12.1 Å². The van der Waals surface area contributed by atoms with Crippen LogP contribution in [-0.4, -0.2) is 29.8 Å². The third kappa shape index (κ3) is 1.80. The lowest BCUT2D eigenvalue weighted by atomic mass is 10.1. The SMILES string of the molecule is C=CCC1=NC(C)(CO)CO1. The Morgan fingerprint density at radius 1 is 1.91 bits per heavy atom. The summed E-state index contributed by atoms with van der Waals surface area (Å²) in [5, 5.41) is 8.90. The molecule has 0 saturated carbocycles. The van der Waals surface area contributed by atoms with Gasteiger partial charge in [0, 0.05) is 6.42 Å². The molecule has 0 aromatic rings. The zero-order valence-corrected chi connectivity index (χ0v) is 6.71. The summed E-state index contributed by atoms with van der Waals surface area (Å²) in [5.41, 5.74) is -0.418. The van der Waals surface area contributed by atoms with Gasteiger partial charge in [-0.15, -0.1) is 6.58 Å². The van der Waals surface area contributed by atoms with Crippen LogP contribution in [0.15, 0.2) is 17.6 Å². The van der Waals surface area contributed by atoms with E-state index in [2.05, 4.69) is 11.6 Å². The minimum atomic E-state index is -0.418. The van der Waals surface area contributed by atoms with Crippen molar-refractivity contribution in [3.8, 4) is 0 Å². The number of aliphatic imine (C=N–C) groups is 1. The van der Waals surface area contributed by atoms with E-state index in [0.717, 1.165) is 0 Å². The van der Waals surface area contributed by atoms with Crippen molar-refractivity contribution in [2.24, 2.45) is 4.99 Å². The summed E-state index contributed by atoms with van der Waals surface area (Å²) in [7, 11) is 0. The summed E-state index contributed by atoms with van der Waals surface area (Å²) in [5.74, 6) is 0.677. The van der Waals surface area contributed by atoms with Crippen LogP contribution in [0.4, 0.5) is 0 Å². The Kier molecular flexibility index (Phi) is 2.29. The Bertz CT molecular complexity index is 189. The molecule has 1 N–H and O–H groups in total. The van der Waals surface area contributed by atoms with Crippen molar-refractivity contribution >= 4 is 5.90 Å². The van der Waals surface area contributed by atoms with Crippen LogP contribution in [0.2, 0.25) is 0 Å². The maximum Gasteiger partial charge on any atom is 0.187 e. The fraction of sp³-hybridized carbons (Fsp3) is 0.625. The average molecular weight is 155 g/mol. The van der Waals surface area contributed by atoms with E-state index in [1.165, 1.54) is 0 Å². The monoisotopic (exact) mass is 155 g/mol. The molecule has 0 amide bonds. The van der Waals surface area contributed by atoms with E-state index in [1.54, 1.807) is 6.08 Å². The third-order valence-electron chi connectivity index (χ3n) is 1.60. The van der Waals surface area contributed by atoms with Gasteiger partial charge in [-0.25, -0.2) is 4.99 Å². The second kappa shape index (κ2) is 3.05. The van der Waals surface area contributed by atoms with Crippen molar-refractivity contribution in [2.75, 3.05) is 13.2 Å². The zero-order valence-electron chi connectivity index (χ0n) is 6.71. The van der Waals surface area contributed by atoms with Crippen LogP contribution in [0.25, 0.3) is 0 Å². The average Bonchev–Trinajstić information content (AvgIpc) is 2.35. The summed E-state index contributed by atoms with van der Waals surface area (Å²) in [6.45, 7) is 5.95. The van der Waals surface area contributed by atoms with Gasteiger partial charge in [0.05, 0.1) is 6.61 Å². The Morgan fingerprint density at radius 2 is 2.64 bits per heavy atom. The minimum Gasteiger partial charge on any atom is -0.478 e. The molecule has 1 atom stereocenters. The first-order valence-corrected chi connectivity index (χ1v) is 3.63.